The summed E-state index contributed by atoms with van der Waals surface area (Å²) >= 11 is 0. The normalized spacial score (nSPS) is 14.7. The number of para-hydroxylation sites is 1. The Morgan fingerprint density at radius 3 is 2.72 bits per heavy atom. The van der Waals surface area contributed by atoms with Gasteiger partial charge in [0.05, 0.1) is 11.8 Å². The second-order valence-corrected chi connectivity index (χ2v) is 8.21. The van der Waals surface area contributed by atoms with Crippen molar-refractivity contribution in [2.24, 2.45) is 5.10 Å². The molecule has 1 aliphatic carbocycles. The summed E-state index contributed by atoms with van der Waals surface area (Å²) in [6.07, 6.45) is 8.72. The Morgan fingerprint density at radius 2 is 1.97 bits per heavy atom. The summed E-state index contributed by atoms with van der Waals surface area (Å²) in [5.41, 5.74) is 4.05. The number of fused-ring (bicyclic) bond motifs is 1. The lowest BCUT2D eigenvalue weighted by atomic mass is 9.94. The van der Waals surface area contributed by atoms with Crippen molar-refractivity contribution >= 4 is 23.6 Å². The summed E-state index contributed by atoms with van der Waals surface area (Å²) in [5, 5.41) is 13.9. The molecule has 3 aromatic rings. The van der Waals surface area contributed by atoms with E-state index in [1.807, 2.05) is 26.1 Å². The number of anilines is 1. The van der Waals surface area contributed by atoms with Crippen LogP contribution >= 0.6 is 0 Å². The van der Waals surface area contributed by atoms with Gasteiger partial charge in [-0.3, -0.25) is 14.0 Å². The predicted octanol–water partition coefficient (Wildman–Crippen LogP) is 3.24. The Bertz CT molecular complexity index is 1230. The molecular weight excluding hydrogens is 406 g/mol. The number of benzene rings is 1. The molecule has 0 bridgehead atoms. The molecule has 1 aromatic carbocycles. The molecule has 1 saturated carbocycles. The standard InChI is InChI=1S/C24H27N5O3/c1-16-12-13-21-26-22(28(2)17-8-4-3-5-9-17)19(24(32)29(21)15-16)14-25-27-23(31)18-10-6-7-11-20(18)30/h6-7,10-15,17,30H,3-5,8-9H2,1-2H3,(H,27,31). The lowest BCUT2D eigenvalue weighted by Gasteiger charge is -2.32. The third-order valence-electron chi connectivity index (χ3n) is 5.95. The highest BCUT2D eigenvalue weighted by Crippen LogP contribution is 2.26. The zero-order valence-electron chi connectivity index (χ0n) is 18.3. The molecule has 166 valence electrons. The summed E-state index contributed by atoms with van der Waals surface area (Å²) < 4.78 is 1.50. The van der Waals surface area contributed by atoms with Crippen LogP contribution in [0.5, 0.6) is 5.75 Å². The van der Waals surface area contributed by atoms with Crippen LogP contribution in [0.15, 0.2) is 52.5 Å². The Labute approximate surface area is 186 Å². The van der Waals surface area contributed by atoms with Gasteiger partial charge in [-0.25, -0.2) is 10.4 Å². The number of carbonyl (C=O) groups excluding carboxylic acids is 1. The van der Waals surface area contributed by atoms with Crippen molar-refractivity contribution in [1.29, 1.82) is 0 Å². The van der Waals surface area contributed by atoms with Crippen molar-refractivity contribution in [2.75, 3.05) is 11.9 Å². The number of aromatic nitrogens is 2. The quantitative estimate of drug-likeness (QED) is 0.475. The average molecular weight is 434 g/mol. The molecule has 0 radical (unpaired) electrons. The maximum absolute atomic E-state index is 13.3. The van der Waals surface area contributed by atoms with Crippen molar-refractivity contribution in [2.45, 2.75) is 45.1 Å². The van der Waals surface area contributed by atoms with E-state index < -0.39 is 5.91 Å². The van der Waals surface area contributed by atoms with Crippen LogP contribution in [0, 0.1) is 6.92 Å². The van der Waals surface area contributed by atoms with Gasteiger partial charge in [0.1, 0.15) is 22.8 Å². The fourth-order valence-corrected chi connectivity index (χ4v) is 4.15. The molecule has 2 N–H and O–H groups in total. The second-order valence-electron chi connectivity index (χ2n) is 8.21. The topological polar surface area (TPSA) is 99.3 Å². The third-order valence-corrected chi connectivity index (χ3v) is 5.95. The fourth-order valence-electron chi connectivity index (χ4n) is 4.15. The lowest BCUT2D eigenvalue weighted by Crippen LogP contribution is -2.37. The number of phenols is 1. The predicted molar refractivity (Wildman–Crippen MR) is 125 cm³/mol. The van der Waals surface area contributed by atoms with Gasteiger partial charge >= 0.3 is 0 Å². The van der Waals surface area contributed by atoms with Crippen molar-refractivity contribution in [3.8, 4) is 5.75 Å². The zero-order valence-corrected chi connectivity index (χ0v) is 18.3. The minimum Gasteiger partial charge on any atom is -0.507 e. The molecule has 8 heteroatoms. The van der Waals surface area contributed by atoms with Gasteiger partial charge in [0.2, 0.25) is 0 Å². The van der Waals surface area contributed by atoms with Crippen LogP contribution in [0.3, 0.4) is 0 Å². The van der Waals surface area contributed by atoms with E-state index in [1.54, 1.807) is 18.3 Å². The van der Waals surface area contributed by atoms with Gasteiger partial charge in [-0.2, -0.15) is 5.10 Å². The second kappa shape index (κ2) is 9.21. The van der Waals surface area contributed by atoms with Crippen LogP contribution < -0.4 is 15.9 Å². The molecule has 1 fully saturated rings. The molecule has 0 saturated heterocycles. The number of nitrogens with one attached hydrogen (secondary N) is 1. The van der Waals surface area contributed by atoms with E-state index in [9.17, 15) is 14.7 Å². The number of nitrogens with zero attached hydrogens (tertiary/aromatic N) is 4. The van der Waals surface area contributed by atoms with Crippen LogP contribution in [0.25, 0.3) is 5.65 Å². The maximum atomic E-state index is 13.3. The number of rotatable bonds is 5. The molecule has 2 heterocycles. The number of phenolic OH excluding ortho intramolecular Hbond substituents is 1. The van der Waals surface area contributed by atoms with E-state index in [0.717, 1.165) is 31.2 Å². The Morgan fingerprint density at radius 1 is 1.22 bits per heavy atom. The number of carbonyl (C=O) groups is 1. The summed E-state index contributed by atoms with van der Waals surface area (Å²) in [4.78, 5) is 32.5. The van der Waals surface area contributed by atoms with Crippen LogP contribution in [0.1, 0.15) is 53.6 Å². The van der Waals surface area contributed by atoms with E-state index in [1.165, 1.54) is 29.2 Å². The van der Waals surface area contributed by atoms with E-state index in [0.29, 0.717) is 23.1 Å². The number of pyridine rings is 1. The molecule has 0 atom stereocenters. The first kappa shape index (κ1) is 21.5. The maximum Gasteiger partial charge on any atom is 0.275 e. The average Bonchev–Trinajstić information content (AvgIpc) is 2.81. The number of aryl methyl sites for hydroxylation is 1. The first-order valence-corrected chi connectivity index (χ1v) is 10.8. The minimum atomic E-state index is -0.564. The smallest absolute Gasteiger partial charge is 0.275 e. The van der Waals surface area contributed by atoms with Gasteiger partial charge in [-0.05, 0) is 43.5 Å². The highest BCUT2D eigenvalue weighted by atomic mass is 16.3. The molecule has 0 aliphatic heterocycles. The first-order valence-electron chi connectivity index (χ1n) is 10.8. The summed E-state index contributed by atoms with van der Waals surface area (Å²) in [5.74, 6) is -0.154. The summed E-state index contributed by atoms with van der Waals surface area (Å²) in [6.45, 7) is 1.91. The summed E-state index contributed by atoms with van der Waals surface area (Å²) in [6, 6.07) is 10.3. The van der Waals surface area contributed by atoms with Crippen LogP contribution in [0.4, 0.5) is 5.82 Å². The van der Waals surface area contributed by atoms with Crippen molar-refractivity contribution in [3.05, 3.63) is 69.6 Å². The van der Waals surface area contributed by atoms with Gasteiger partial charge in [0.15, 0.2) is 0 Å². The minimum absolute atomic E-state index is 0.105. The van der Waals surface area contributed by atoms with Gasteiger partial charge in [-0.1, -0.05) is 37.5 Å². The van der Waals surface area contributed by atoms with Gasteiger partial charge in [-0.15, -0.1) is 0 Å². The fraction of sp³-hybridized carbons (Fsp3) is 0.333. The molecular formula is C24H27N5O3. The van der Waals surface area contributed by atoms with Crippen LogP contribution in [-0.4, -0.2) is 39.7 Å². The number of hydrogen-bond donors (Lipinski definition) is 2. The van der Waals surface area contributed by atoms with E-state index >= 15 is 0 Å². The highest BCUT2D eigenvalue weighted by molar-refractivity contribution is 5.97. The number of hydrogen-bond acceptors (Lipinski definition) is 6. The highest BCUT2D eigenvalue weighted by Gasteiger charge is 2.23. The van der Waals surface area contributed by atoms with Gasteiger partial charge < -0.3 is 10.0 Å². The SMILES string of the molecule is Cc1ccc2nc(N(C)C3CCCCC3)c(C=NNC(=O)c3ccccc3O)c(=O)n2c1. The molecule has 0 unspecified atom stereocenters. The molecule has 2 aromatic heterocycles. The van der Waals surface area contributed by atoms with Gasteiger partial charge in [0.25, 0.3) is 11.5 Å². The molecule has 1 amide bonds. The summed E-state index contributed by atoms with van der Waals surface area (Å²) in [7, 11) is 1.96. The van der Waals surface area contributed by atoms with Crippen molar-refractivity contribution in [3.63, 3.8) is 0 Å². The Balaban J connectivity index is 1.71. The number of aromatic hydroxyl groups is 1. The van der Waals surface area contributed by atoms with E-state index in [-0.39, 0.29) is 16.9 Å². The molecule has 4 rings (SSSR count). The van der Waals surface area contributed by atoms with Crippen molar-refractivity contribution in [1.82, 2.24) is 14.8 Å². The first-order chi connectivity index (χ1) is 15.5. The molecule has 32 heavy (non-hydrogen) atoms. The molecule has 0 spiro atoms. The van der Waals surface area contributed by atoms with E-state index in [4.69, 9.17) is 4.98 Å². The zero-order chi connectivity index (χ0) is 22.7. The van der Waals surface area contributed by atoms with Crippen LogP contribution in [-0.2, 0) is 0 Å². The third kappa shape index (κ3) is 4.34. The Kier molecular flexibility index (Phi) is 6.20. The lowest BCUT2D eigenvalue weighted by molar-refractivity contribution is 0.0952. The largest absolute Gasteiger partial charge is 0.507 e. The van der Waals surface area contributed by atoms with Crippen LogP contribution in [0.2, 0.25) is 0 Å². The van der Waals surface area contributed by atoms with Crippen molar-refractivity contribution < 1.29 is 9.90 Å². The molecule has 8 nitrogen and oxygen atoms in total. The van der Waals surface area contributed by atoms with E-state index in [2.05, 4.69) is 15.4 Å². The number of hydrazone groups is 1. The van der Waals surface area contributed by atoms with Gasteiger partial charge in [0, 0.05) is 19.3 Å². The number of amides is 1. The molecule has 1 aliphatic rings. The Hall–Kier alpha value is -3.68. The monoisotopic (exact) mass is 433 g/mol.